The summed E-state index contributed by atoms with van der Waals surface area (Å²) in [4.78, 5) is 13.0. The van der Waals surface area contributed by atoms with Crippen LogP contribution >= 0.6 is 12.2 Å². The molecule has 0 unspecified atom stereocenters. The third-order valence-corrected chi connectivity index (χ3v) is 4.43. The lowest BCUT2D eigenvalue weighted by Crippen LogP contribution is -2.46. The van der Waals surface area contributed by atoms with Gasteiger partial charge in [-0.15, -0.1) is 0 Å². The Morgan fingerprint density at radius 1 is 1.12 bits per heavy atom. The van der Waals surface area contributed by atoms with Gasteiger partial charge in [0.1, 0.15) is 5.82 Å². The molecule has 1 amide bonds. The summed E-state index contributed by atoms with van der Waals surface area (Å²) in [6.07, 6.45) is 0. The van der Waals surface area contributed by atoms with Gasteiger partial charge in [-0.3, -0.25) is 4.79 Å². The van der Waals surface area contributed by atoms with Crippen molar-refractivity contribution in [1.82, 2.24) is 10.6 Å². The summed E-state index contributed by atoms with van der Waals surface area (Å²) in [6, 6.07) is 11.5. The first-order valence-corrected chi connectivity index (χ1v) is 8.68. The summed E-state index contributed by atoms with van der Waals surface area (Å²) in [5.41, 5.74) is 4.19. The molecule has 1 aliphatic heterocycles. The van der Waals surface area contributed by atoms with Crippen LogP contribution in [0.25, 0.3) is 0 Å². The first-order chi connectivity index (χ1) is 12.3. The Balaban J connectivity index is 1.98. The average Bonchev–Trinajstić information content (AvgIpc) is 2.53. The van der Waals surface area contributed by atoms with Crippen LogP contribution in [0.15, 0.2) is 53.7 Å². The van der Waals surface area contributed by atoms with Gasteiger partial charge >= 0.3 is 0 Å². The van der Waals surface area contributed by atoms with Crippen molar-refractivity contribution in [3.63, 3.8) is 0 Å². The van der Waals surface area contributed by atoms with Gasteiger partial charge < -0.3 is 16.0 Å². The van der Waals surface area contributed by atoms with E-state index in [0.717, 1.165) is 11.1 Å². The first-order valence-electron chi connectivity index (χ1n) is 8.27. The lowest BCUT2D eigenvalue weighted by atomic mass is 9.94. The number of benzene rings is 2. The molecule has 3 N–H and O–H groups in total. The summed E-state index contributed by atoms with van der Waals surface area (Å²) < 4.78 is 14.3. The number of rotatable bonds is 3. The zero-order valence-corrected chi connectivity index (χ0v) is 15.6. The minimum atomic E-state index is -0.657. The molecule has 26 heavy (non-hydrogen) atoms. The average molecular weight is 369 g/mol. The summed E-state index contributed by atoms with van der Waals surface area (Å²) in [5, 5.41) is 9.23. The normalized spacial score (nSPS) is 16.8. The van der Waals surface area contributed by atoms with Crippen molar-refractivity contribution in [3.05, 3.63) is 76.2 Å². The first kappa shape index (κ1) is 18.1. The van der Waals surface area contributed by atoms with E-state index in [-0.39, 0.29) is 11.7 Å². The Morgan fingerprint density at radius 2 is 1.77 bits per heavy atom. The molecule has 6 heteroatoms. The van der Waals surface area contributed by atoms with Gasteiger partial charge in [-0.1, -0.05) is 24.3 Å². The summed E-state index contributed by atoms with van der Waals surface area (Å²) in [7, 11) is 0. The van der Waals surface area contributed by atoms with Crippen LogP contribution in [0.3, 0.4) is 0 Å². The Kier molecular flexibility index (Phi) is 5.04. The summed E-state index contributed by atoms with van der Waals surface area (Å²) in [5.74, 6) is -0.692. The molecule has 0 saturated heterocycles. The lowest BCUT2D eigenvalue weighted by molar-refractivity contribution is -0.113. The van der Waals surface area contributed by atoms with Gasteiger partial charge in [0.2, 0.25) is 0 Å². The van der Waals surface area contributed by atoms with E-state index in [4.69, 9.17) is 12.2 Å². The van der Waals surface area contributed by atoms with Crippen molar-refractivity contribution in [2.45, 2.75) is 26.8 Å². The number of halogens is 1. The van der Waals surface area contributed by atoms with E-state index in [1.165, 1.54) is 6.07 Å². The molecule has 2 aromatic rings. The Labute approximate surface area is 157 Å². The zero-order valence-electron chi connectivity index (χ0n) is 14.8. The highest BCUT2D eigenvalue weighted by molar-refractivity contribution is 7.80. The predicted octanol–water partition coefficient (Wildman–Crippen LogP) is 3.87. The van der Waals surface area contributed by atoms with E-state index >= 15 is 0 Å². The van der Waals surface area contributed by atoms with Crippen molar-refractivity contribution >= 4 is 28.9 Å². The van der Waals surface area contributed by atoms with E-state index in [9.17, 15) is 9.18 Å². The second kappa shape index (κ2) is 7.25. The van der Waals surface area contributed by atoms with E-state index in [0.29, 0.717) is 27.6 Å². The van der Waals surface area contributed by atoms with Crippen molar-refractivity contribution in [1.29, 1.82) is 0 Å². The van der Waals surface area contributed by atoms with Gasteiger partial charge in [-0.2, -0.15) is 0 Å². The maximum Gasteiger partial charge on any atom is 0.255 e. The highest BCUT2D eigenvalue weighted by Crippen LogP contribution is 2.29. The van der Waals surface area contributed by atoms with Crippen molar-refractivity contribution < 1.29 is 9.18 Å². The lowest BCUT2D eigenvalue weighted by Gasteiger charge is -2.30. The molecule has 1 heterocycles. The molecule has 0 aliphatic carbocycles. The second-order valence-electron chi connectivity index (χ2n) is 6.42. The Morgan fingerprint density at radius 3 is 2.42 bits per heavy atom. The minimum absolute atomic E-state index is 0.303. The smallest absolute Gasteiger partial charge is 0.255 e. The fourth-order valence-corrected chi connectivity index (χ4v) is 3.45. The van der Waals surface area contributed by atoms with Crippen LogP contribution in [-0.2, 0) is 4.79 Å². The van der Waals surface area contributed by atoms with E-state index in [1.807, 2.05) is 32.0 Å². The van der Waals surface area contributed by atoms with Gasteiger partial charge in [0.25, 0.3) is 5.91 Å². The highest BCUT2D eigenvalue weighted by Gasteiger charge is 2.31. The van der Waals surface area contributed by atoms with Gasteiger partial charge in [0.15, 0.2) is 5.11 Å². The van der Waals surface area contributed by atoms with Crippen molar-refractivity contribution in [2.75, 3.05) is 5.32 Å². The number of aryl methyl sites for hydroxylation is 2. The number of carbonyl (C=O) groups excluding carboxylic acids is 1. The third kappa shape index (κ3) is 3.75. The third-order valence-electron chi connectivity index (χ3n) is 4.21. The molecule has 2 aromatic carbocycles. The Bertz CT molecular complexity index is 903. The minimum Gasteiger partial charge on any atom is -0.351 e. The molecule has 1 aliphatic rings. The Hall–Kier alpha value is -2.73. The molecule has 134 valence electrons. The molecule has 0 radical (unpaired) electrons. The number of allylic oxidation sites excluding steroid dienone is 1. The molecule has 0 spiro atoms. The van der Waals surface area contributed by atoms with Crippen molar-refractivity contribution in [2.24, 2.45) is 0 Å². The van der Waals surface area contributed by atoms with Crippen LogP contribution < -0.4 is 16.0 Å². The van der Waals surface area contributed by atoms with Crippen molar-refractivity contribution in [3.8, 4) is 0 Å². The largest absolute Gasteiger partial charge is 0.351 e. The standard InChI is InChI=1S/C20H20FN3OS/c1-11-8-12(2)10-14(9-11)23-19(25)17-13(3)22-20(26)24-18(17)15-6-4-5-7-16(15)21/h4-10,18H,1-3H3,(H,23,25)(H2,22,24,26)/t18-/m1/s1. The fourth-order valence-electron chi connectivity index (χ4n) is 3.18. The SMILES string of the molecule is CC1=C(C(=O)Nc2cc(C)cc(C)c2)[C@@H](c2ccccc2F)NC(=S)N1. The molecule has 0 fully saturated rings. The number of anilines is 1. The van der Waals surface area contributed by atoms with Gasteiger partial charge in [0, 0.05) is 16.9 Å². The number of thiocarbonyl (C=S) groups is 1. The molecule has 0 saturated carbocycles. The van der Waals surface area contributed by atoms with Crippen LogP contribution in [0, 0.1) is 19.7 Å². The number of hydrogen-bond acceptors (Lipinski definition) is 2. The van der Waals surface area contributed by atoms with Gasteiger partial charge in [-0.05, 0) is 62.3 Å². The van der Waals surface area contributed by atoms with E-state index in [2.05, 4.69) is 16.0 Å². The second-order valence-corrected chi connectivity index (χ2v) is 6.83. The van der Waals surface area contributed by atoms with E-state index < -0.39 is 6.04 Å². The molecular weight excluding hydrogens is 349 g/mol. The zero-order chi connectivity index (χ0) is 18.8. The maximum atomic E-state index is 14.3. The molecule has 3 rings (SSSR count). The molecule has 1 atom stereocenters. The number of hydrogen-bond donors (Lipinski definition) is 3. The van der Waals surface area contributed by atoms with Crippen LogP contribution in [0.2, 0.25) is 0 Å². The molecule has 4 nitrogen and oxygen atoms in total. The van der Waals surface area contributed by atoms with Crippen LogP contribution in [0.4, 0.5) is 10.1 Å². The molecule has 0 bridgehead atoms. The fraction of sp³-hybridized carbons (Fsp3) is 0.200. The van der Waals surface area contributed by atoms with Crippen LogP contribution in [0.5, 0.6) is 0 Å². The monoisotopic (exact) mass is 369 g/mol. The topological polar surface area (TPSA) is 53.2 Å². The summed E-state index contributed by atoms with van der Waals surface area (Å²) in [6.45, 7) is 5.70. The number of carbonyl (C=O) groups is 1. The maximum absolute atomic E-state index is 14.3. The van der Waals surface area contributed by atoms with Gasteiger partial charge in [-0.25, -0.2) is 4.39 Å². The number of amides is 1. The molecule has 0 aromatic heterocycles. The highest BCUT2D eigenvalue weighted by atomic mass is 32.1. The van der Waals surface area contributed by atoms with E-state index in [1.54, 1.807) is 25.1 Å². The van der Waals surface area contributed by atoms with Gasteiger partial charge in [0.05, 0.1) is 11.6 Å². The predicted molar refractivity (Wildman–Crippen MR) is 105 cm³/mol. The van der Waals surface area contributed by atoms with Crippen LogP contribution in [0.1, 0.15) is 29.7 Å². The quantitative estimate of drug-likeness (QED) is 0.719. The van der Waals surface area contributed by atoms with Crippen LogP contribution in [-0.4, -0.2) is 11.0 Å². The molecular formula is C20H20FN3OS. The number of nitrogens with one attached hydrogen (secondary N) is 3. The summed E-state index contributed by atoms with van der Waals surface area (Å²) >= 11 is 5.20.